The van der Waals surface area contributed by atoms with Crippen LogP contribution in [0.25, 0.3) is 0 Å². The largest absolute Gasteiger partial charge is 0.458 e. The van der Waals surface area contributed by atoms with Crippen LogP contribution < -0.4 is 0 Å². The van der Waals surface area contributed by atoms with Gasteiger partial charge in [0.2, 0.25) is 0 Å². The molecule has 10 atom stereocenters. The lowest BCUT2D eigenvalue weighted by atomic mass is 9.45. The van der Waals surface area contributed by atoms with Crippen LogP contribution in [0.4, 0.5) is 0 Å². The Bertz CT molecular complexity index is 827. The van der Waals surface area contributed by atoms with Gasteiger partial charge in [0.15, 0.2) is 5.78 Å². The number of carbonyl (C=O) groups excluding carboxylic acids is 2. The van der Waals surface area contributed by atoms with E-state index in [1.54, 1.807) is 0 Å². The molecule has 1 heterocycles. The van der Waals surface area contributed by atoms with Crippen molar-refractivity contribution in [1.29, 1.82) is 0 Å². The second kappa shape index (κ2) is 4.39. The van der Waals surface area contributed by atoms with Crippen LogP contribution in [0.5, 0.6) is 0 Å². The highest BCUT2D eigenvalue weighted by Gasteiger charge is 2.81. The second-order valence-electron chi connectivity index (χ2n) is 11.5. The molecule has 4 unspecified atom stereocenters. The molecular weight excluding hydrogens is 336 g/mol. The number of rotatable bonds is 0. The van der Waals surface area contributed by atoms with Gasteiger partial charge < -0.3 is 4.74 Å². The van der Waals surface area contributed by atoms with E-state index in [4.69, 9.17) is 4.74 Å². The van der Waals surface area contributed by atoms with Gasteiger partial charge in [0.1, 0.15) is 5.60 Å². The number of carbonyl (C=O) groups is 2. The van der Waals surface area contributed by atoms with Gasteiger partial charge in [-0.25, -0.2) is 0 Å². The van der Waals surface area contributed by atoms with Gasteiger partial charge in [-0.1, -0.05) is 19.4 Å². The molecule has 0 amide bonds. The lowest BCUT2D eigenvalue weighted by molar-refractivity contribution is -0.177. The third kappa shape index (κ3) is 1.58. The molecule has 7 aliphatic rings. The summed E-state index contributed by atoms with van der Waals surface area (Å²) >= 11 is 0. The van der Waals surface area contributed by atoms with Gasteiger partial charge in [-0.3, -0.25) is 9.59 Å². The minimum Gasteiger partial charge on any atom is -0.458 e. The van der Waals surface area contributed by atoms with Gasteiger partial charge in [-0.2, -0.15) is 0 Å². The van der Waals surface area contributed by atoms with E-state index in [1.807, 2.05) is 0 Å². The highest BCUT2D eigenvalue weighted by molar-refractivity contribution is 5.92. The molecule has 5 saturated carbocycles. The van der Waals surface area contributed by atoms with Crippen LogP contribution in [-0.4, -0.2) is 17.4 Å². The molecule has 1 spiro atoms. The van der Waals surface area contributed by atoms with Gasteiger partial charge in [0.25, 0.3) is 0 Å². The number of allylic oxidation sites excluding steroid dienone is 1. The first kappa shape index (κ1) is 15.8. The van der Waals surface area contributed by atoms with E-state index in [9.17, 15) is 9.59 Å². The molecule has 1 saturated heterocycles. The summed E-state index contributed by atoms with van der Waals surface area (Å²) in [4.78, 5) is 24.3. The Kier molecular flexibility index (Phi) is 2.56. The number of fused-ring (bicyclic) bond motifs is 12. The minimum absolute atomic E-state index is 0.0561. The quantitative estimate of drug-likeness (QED) is 0.600. The van der Waals surface area contributed by atoms with E-state index in [0.29, 0.717) is 24.0 Å². The summed E-state index contributed by atoms with van der Waals surface area (Å²) in [5.74, 6) is 5.65. The fourth-order valence-electron chi connectivity index (χ4n) is 9.74. The van der Waals surface area contributed by atoms with Crippen LogP contribution >= 0.6 is 0 Å². The van der Waals surface area contributed by atoms with E-state index in [2.05, 4.69) is 19.9 Å². The molecule has 6 fully saturated rings. The summed E-state index contributed by atoms with van der Waals surface area (Å²) in [5.41, 5.74) is 1.85. The zero-order valence-electron chi connectivity index (χ0n) is 16.5. The lowest BCUT2D eigenvalue weighted by Gasteiger charge is -2.60. The lowest BCUT2D eigenvalue weighted by Crippen LogP contribution is -2.57. The molecule has 0 radical (unpaired) electrons. The second-order valence-corrected chi connectivity index (χ2v) is 11.5. The number of esters is 1. The van der Waals surface area contributed by atoms with E-state index in [1.165, 1.54) is 31.3 Å². The van der Waals surface area contributed by atoms with E-state index >= 15 is 0 Å². The predicted molar refractivity (Wildman–Crippen MR) is 99.5 cm³/mol. The number of ketones is 1. The Hall–Kier alpha value is -1.12. The maximum absolute atomic E-state index is 12.2. The van der Waals surface area contributed by atoms with Crippen LogP contribution in [0.15, 0.2) is 11.6 Å². The third-order valence-electron chi connectivity index (χ3n) is 10.9. The van der Waals surface area contributed by atoms with Crippen molar-refractivity contribution in [3.8, 4) is 0 Å². The summed E-state index contributed by atoms with van der Waals surface area (Å²) in [6.45, 7) is 4.99. The van der Waals surface area contributed by atoms with Crippen molar-refractivity contribution in [2.24, 2.45) is 52.3 Å². The fourth-order valence-corrected chi connectivity index (χ4v) is 9.74. The van der Waals surface area contributed by atoms with Crippen LogP contribution in [0.1, 0.15) is 65.2 Å². The third-order valence-corrected chi connectivity index (χ3v) is 10.9. The minimum atomic E-state index is -0.131. The van der Waals surface area contributed by atoms with Crippen molar-refractivity contribution in [3.63, 3.8) is 0 Å². The molecular formula is C24H30O3. The molecule has 0 N–H and O–H groups in total. The van der Waals surface area contributed by atoms with Gasteiger partial charge in [-0.05, 0) is 85.5 Å². The van der Waals surface area contributed by atoms with E-state index in [-0.39, 0.29) is 22.4 Å². The van der Waals surface area contributed by atoms with Gasteiger partial charge in [0, 0.05) is 24.2 Å². The molecule has 144 valence electrons. The van der Waals surface area contributed by atoms with Crippen molar-refractivity contribution in [2.45, 2.75) is 70.8 Å². The Balaban J connectivity index is 1.33. The van der Waals surface area contributed by atoms with Gasteiger partial charge >= 0.3 is 5.97 Å². The molecule has 0 aromatic rings. The van der Waals surface area contributed by atoms with Crippen LogP contribution in [0.3, 0.4) is 0 Å². The van der Waals surface area contributed by atoms with Gasteiger partial charge in [0.05, 0.1) is 0 Å². The van der Waals surface area contributed by atoms with E-state index < -0.39 is 0 Å². The maximum atomic E-state index is 12.2. The first-order valence-electron chi connectivity index (χ1n) is 11.4. The Morgan fingerprint density at radius 1 is 1.00 bits per heavy atom. The molecule has 1 aliphatic heterocycles. The Morgan fingerprint density at radius 2 is 1.85 bits per heavy atom. The molecule has 27 heavy (non-hydrogen) atoms. The summed E-state index contributed by atoms with van der Waals surface area (Å²) in [7, 11) is 0. The maximum Gasteiger partial charge on any atom is 0.306 e. The fraction of sp³-hybridized carbons (Fsp3) is 0.833. The van der Waals surface area contributed by atoms with Crippen LogP contribution in [0.2, 0.25) is 0 Å². The zero-order valence-corrected chi connectivity index (χ0v) is 16.5. The first-order valence-corrected chi connectivity index (χ1v) is 11.4. The Labute approximate surface area is 161 Å². The van der Waals surface area contributed by atoms with Crippen molar-refractivity contribution < 1.29 is 14.3 Å². The highest BCUT2D eigenvalue weighted by atomic mass is 16.6. The standard InChI is InChI=1S/C24H30O3/c1-22-6-3-12(25)9-17(22)13-10-14(13)20-16(22)4-7-23(2)21(20)15-11-18(15)24(23)8-5-19(26)27-24/h9,13-16,18,20-21H,3-8,10-11H2,1-2H3/t13-,14+,15-,16?,18+,20?,21?,22-,23?,24+/m1/s1. The SMILES string of the molecule is CC12CCC3C(C1[C@@H]1C[C@@H]1[C@@]21CCC(=O)O1)[C@H]1C[C@H]1C1=CC(=O)CC[C@@]13C. The molecule has 7 rings (SSSR count). The average molecular weight is 367 g/mol. The van der Waals surface area contributed by atoms with Crippen molar-refractivity contribution >= 4 is 11.8 Å². The van der Waals surface area contributed by atoms with Crippen molar-refractivity contribution in [2.75, 3.05) is 0 Å². The normalized spacial score (nSPS) is 62.0. The Morgan fingerprint density at radius 3 is 2.63 bits per heavy atom. The number of ether oxygens (including phenoxy) is 1. The molecule has 0 bridgehead atoms. The van der Waals surface area contributed by atoms with Crippen molar-refractivity contribution in [3.05, 3.63) is 11.6 Å². The zero-order chi connectivity index (χ0) is 18.3. The van der Waals surface area contributed by atoms with Crippen LogP contribution in [-0.2, 0) is 14.3 Å². The summed E-state index contributed by atoms with van der Waals surface area (Å²) in [5, 5.41) is 0. The summed E-state index contributed by atoms with van der Waals surface area (Å²) < 4.78 is 6.22. The average Bonchev–Trinajstić information content (AvgIpc) is 3.53. The van der Waals surface area contributed by atoms with Crippen LogP contribution in [0, 0.1) is 52.3 Å². The topological polar surface area (TPSA) is 43.4 Å². The van der Waals surface area contributed by atoms with Gasteiger partial charge in [-0.15, -0.1) is 0 Å². The highest BCUT2D eigenvalue weighted by Crippen LogP contribution is 2.82. The number of hydrogen-bond acceptors (Lipinski definition) is 3. The molecule has 3 heteroatoms. The molecule has 0 aromatic heterocycles. The molecule has 0 aromatic carbocycles. The summed E-state index contributed by atoms with van der Waals surface area (Å²) in [6, 6.07) is 0. The van der Waals surface area contributed by atoms with E-state index in [0.717, 1.165) is 48.9 Å². The molecule has 3 nitrogen and oxygen atoms in total. The first-order chi connectivity index (χ1) is 12.9. The smallest absolute Gasteiger partial charge is 0.306 e. The monoisotopic (exact) mass is 366 g/mol. The van der Waals surface area contributed by atoms with Crippen molar-refractivity contribution in [1.82, 2.24) is 0 Å². The molecule has 6 aliphatic carbocycles. The summed E-state index contributed by atoms with van der Waals surface area (Å²) in [6.07, 6.45) is 10.6. The predicted octanol–water partition coefficient (Wildman–Crippen LogP) is 4.31. The number of hydrogen-bond donors (Lipinski definition) is 0.